The number of hydrogen-bond acceptors (Lipinski definition) is 7. The first-order chi connectivity index (χ1) is 10.4. The minimum absolute atomic E-state index is 0.107. The van der Waals surface area contributed by atoms with Gasteiger partial charge in [0.15, 0.2) is 0 Å². The van der Waals surface area contributed by atoms with Crippen molar-refractivity contribution in [3.63, 3.8) is 0 Å². The number of phenols is 1. The van der Waals surface area contributed by atoms with E-state index in [1.54, 1.807) is 6.07 Å². The molecule has 1 heterocycles. The van der Waals surface area contributed by atoms with E-state index in [9.17, 15) is 15.2 Å². The summed E-state index contributed by atoms with van der Waals surface area (Å²) in [5.74, 6) is -0.231. The Balaban J connectivity index is 2.25. The maximum Gasteiger partial charge on any atom is 0.312 e. The number of aromatic nitrogens is 2. The lowest BCUT2D eigenvalue weighted by Crippen LogP contribution is -2.00. The van der Waals surface area contributed by atoms with Gasteiger partial charge in [-0.1, -0.05) is 11.6 Å². The Morgan fingerprint density at radius 3 is 2.55 bits per heavy atom. The van der Waals surface area contributed by atoms with Gasteiger partial charge >= 0.3 is 5.69 Å². The molecule has 0 unspecified atom stereocenters. The van der Waals surface area contributed by atoms with Crippen LogP contribution in [0.3, 0.4) is 0 Å². The van der Waals surface area contributed by atoms with Crippen molar-refractivity contribution in [3.05, 3.63) is 50.3 Å². The summed E-state index contributed by atoms with van der Waals surface area (Å²) in [4.78, 5) is 18.3. The summed E-state index contributed by atoms with van der Waals surface area (Å²) < 4.78 is 0. The highest BCUT2D eigenvalue weighted by Gasteiger charge is 2.17. The molecule has 0 saturated carbocycles. The summed E-state index contributed by atoms with van der Waals surface area (Å²) in [5, 5.41) is 24.6. The molecule has 0 aliphatic carbocycles. The molecule has 9 heteroatoms. The number of aryl methyl sites for hydroxylation is 2. The molecule has 8 nitrogen and oxygen atoms in total. The number of hydrogen-bond donors (Lipinski definition) is 2. The Hall–Kier alpha value is -2.74. The number of nitrogens with one attached hydrogen (secondary N) is 1. The van der Waals surface area contributed by atoms with Gasteiger partial charge in [-0.15, -0.1) is 0 Å². The molecule has 0 atom stereocenters. The minimum atomic E-state index is -0.723. The lowest BCUT2D eigenvalue weighted by atomic mass is 10.2. The van der Waals surface area contributed by atoms with Crippen molar-refractivity contribution in [1.82, 2.24) is 9.97 Å². The van der Waals surface area contributed by atoms with E-state index in [4.69, 9.17) is 11.6 Å². The van der Waals surface area contributed by atoms with E-state index in [-0.39, 0.29) is 16.5 Å². The Kier molecular flexibility index (Phi) is 4.52. The van der Waals surface area contributed by atoms with Gasteiger partial charge < -0.3 is 5.11 Å². The summed E-state index contributed by atoms with van der Waals surface area (Å²) in [6.45, 7) is 3.63. The molecule has 0 aliphatic heterocycles. The maximum atomic E-state index is 10.8. The number of phenolic OH excluding ortho intramolecular Hbond substituents is 1. The lowest BCUT2D eigenvalue weighted by Gasteiger charge is -2.03. The van der Waals surface area contributed by atoms with Crippen molar-refractivity contribution < 1.29 is 10.0 Å². The fraction of sp³-hybridized carbons (Fsp3) is 0.154. The van der Waals surface area contributed by atoms with Crippen LogP contribution >= 0.6 is 11.6 Å². The number of anilines is 1. The first-order valence-corrected chi connectivity index (χ1v) is 6.53. The number of nitro benzene ring substituents is 1. The van der Waals surface area contributed by atoms with Crippen LogP contribution in [0.5, 0.6) is 5.75 Å². The maximum absolute atomic E-state index is 10.8. The molecule has 0 amide bonds. The quantitative estimate of drug-likeness (QED) is 0.508. The molecule has 2 rings (SSSR count). The standard InChI is InChI=1S/C13H12ClN5O3/c1-7-3-8(2)17-13(16-7)18-15-6-9-4-10(14)5-11(12(9)20)19(21)22/h3-6,20H,1-2H3,(H,16,17,18)/b15-6+. The van der Waals surface area contributed by atoms with E-state index >= 15 is 0 Å². The molecule has 0 fully saturated rings. The number of nitrogens with zero attached hydrogens (tertiary/aromatic N) is 4. The number of hydrazone groups is 1. The van der Waals surface area contributed by atoms with Gasteiger partial charge in [-0.2, -0.15) is 5.10 Å². The average Bonchev–Trinajstić information content (AvgIpc) is 2.40. The summed E-state index contributed by atoms with van der Waals surface area (Å²) in [6, 6.07) is 4.23. The third-order valence-electron chi connectivity index (χ3n) is 2.63. The number of aromatic hydroxyl groups is 1. The smallest absolute Gasteiger partial charge is 0.312 e. The third-order valence-corrected chi connectivity index (χ3v) is 2.85. The predicted octanol–water partition coefficient (Wildman–Crippen LogP) is 2.81. The van der Waals surface area contributed by atoms with Gasteiger partial charge in [0.2, 0.25) is 11.7 Å². The van der Waals surface area contributed by atoms with Crippen molar-refractivity contribution in [2.45, 2.75) is 13.8 Å². The van der Waals surface area contributed by atoms with Gasteiger partial charge in [-0.25, -0.2) is 15.4 Å². The number of nitro groups is 1. The molecule has 0 radical (unpaired) electrons. The second kappa shape index (κ2) is 6.35. The van der Waals surface area contributed by atoms with Crippen LogP contribution in [-0.2, 0) is 0 Å². The normalized spacial score (nSPS) is 10.9. The van der Waals surface area contributed by atoms with Crippen LogP contribution in [0.2, 0.25) is 5.02 Å². The molecule has 0 spiro atoms. The van der Waals surface area contributed by atoms with Crippen molar-refractivity contribution in [2.75, 3.05) is 5.43 Å². The van der Waals surface area contributed by atoms with Crippen molar-refractivity contribution >= 4 is 29.5 Å². The fourth-order valence-electron chi connectivity index (χ4n) is 1.78. The highest BCUT2D eigenvalue weighted by atomic mass is 35.5. The Morgan fingerprint density at radius 1 is 1.32 bits per heavy atom. The molecule has 1 aromatic heterocycles. The second-order valence-corrected chi connectivity index (χ2v) is 4.90. The Bertz CT molecular complexity index is 743. The first-order valence-electron chi connectivity index (χ1n) is 6.15. The van der Waals surface area contributed by atoms with Crippen LogP contribution in [0.1, 0.15) is 17.0 Å². The summed E-state index contributed by atoms with van der Waals surface area (Å²) in [7, 11) is 0. The van der Waals surface area contributed by atoms with Crippen molar-refractivity contribution in [1.29, 1.82) is 0 Å². The topological polar surface area (TPSA) is 114 Å². The zero-order chi connectivity index (χ0) is 16.3. The minimum Gasteiger partial charge on any atom is -0.502 e. The SMILES string of the molecule is Cc1cc(C)nc(N/N=C/c2cc(Cl)cc([N+](=O)[O-])c2O)n1. The van der Waals surface area contributed by atoms with Crippen molar-refractivity contribution in [2.24, 2.45) is 5.10 Å². The van der Waals surface area contributed by atoms with E-state index in [2.05, 4.69) is 20.5 Å². The number of rotatable bonds is 4. The van der Waals surface area contributed by atoms with E-state index in [1.165, 1.54) is 12.3 Å². The van der Waals surface area contributed by atoms with Gasteiger partial charge in [-0.3, -0.25) is 10.1 Å². The molecular formula is C13H12ClN5O3. The van der Waals surface area contributed by atoms with Gasteiger partial charge in [0.05, 0.1) is 11.1 Å². The van der Waals surface area contributed by atoms with Crippen LogP contribution in [0.15, 0.2) is 23.3 Å². The molecule has 2 aromatic rings. The molecular weight excluding hydrogens is 310 g/mol. The fourth-order valence-corrected chi connectivity index (χ4v) is 2.00. The molecule has 0 bridgehead atoms. The first kappa shape index (κ1) is 15.6. The van der Waals surface area contributed by atoms with Gasteiger partial charge in [-0.05, 0) is 26.0 Å². The second-order valence-electron chi connectivity index (χ2n) is 4.46. The summed E-state index contributed by atoms with van der Waals surface area (Å²) in [6.07, 6.45) is 1.20. The summed E-state index contributed by atoms with van der Waals surface area (Å²) in [5.41, 5.74) is 3.75. The number of halogens is 1. The molecule has 0 saturated heterocycles. The highest BCUT2D eigenvalue weighted by molar-refractivity contribution is 6.31. The third kappa shape index (κ3) is 3.67. The molecule has 0 aliphatic rings. The van der Waals surface area contributed by atoms with E-state index in [0.29, 0.717) is 0 Å². The largest absolute Gasteiger partial charge is 0.502 e. The number of benzene rings is 1. The van der Waals surface area contributed by atoms with E-state index in [1.807, 2.05) is 13.8 Å². The van der Waals surface area contributed by atoms with Crippen molar-refractivity contribution in [3.8, 4) is 5.75 Å². The van der Waals surface area contributed by atoms with Crippen LogP contribution in [0.4, 0.5) is 11.6 Å². The molecule has 2 N–H and O–H groups in total. The lowest BCUT2D eigenvalue weighted by molar-refractivity contribution is -0.385. The van der Waals surface area contributed by atoms with Crippen LogP contribution in [0.25, 0.3) is 0 Å². The zero-order valence-corrected chi connectivity index (χ0v) is 12.5. The van der Waals surface area contributed by atoms with Crippen LogP contribution in [0, 0.1) is 24.0 Å². The predicted molar refractivity (Wildman–Crippen MR) is 82.5 cm³/mol. The van der Waals surface area contributed by atoms with Gasteiger partial charge in [0, 0.05) is 28.0 Å². The Morgan fingerprint density at radius 2 is 1.95 bits per heavy atom. The molecule has 1 aromatic carbocycles. The van der Waals surface area contributed by atoms with Crippen LogP contribution < -0.4 is 5.43 Å². The molecule has 114 valence electrons. The van der Waals surface area contributed by atoms with E-state index in [0.717, 1.165) is 17.5 Å². The van der Waals surface area contributed by atoms with E-state index < -0.39 is 16.4 Å². The van der Waals surface area contributed by atoms with Gasteiger partial charge in [0.25, 0.3) is 0 Å². The monoisotopic (exact) mass is 321 g/mol. The summed E-state index contributed by atoms with van der Waals surface area (Å²) >= 11 is 5.78. The zero-order valence-electron chi connectivity index (χ0n) is 11.7. The Labute approximate surface area is 130 Å². The highest BCUT2D eigenvalue weighted by Crippen LogP contribution is 2.32. The van der Waals surface area contributed by atoms with Gasteiger partial charge in [0.1, 0.15) is 0 Å². The van der Waals surface area contributed by atoms with Crippen LogP contribution in [-0.4, -0.2) is 26.2 Å². The average molecular weight is 322 g/mol. The molecule has 22 heavy (non-hydrogen) atoms.